The van der Waals surface area contributed by atoms with Gasteiger partial charge in [0.05, 0.1) is 5.92 Å². The summed E-state index contributed by atoms with van der Waals surface area (Å²) >= 11 is 6.12. The zero-order valence-corrected chi connectivity index (χ0v) is 15.4. The summed E-state index contributed by atoms with van der Waals surface area (Å²) in [6, 6.07) is 19.7. The number of anilines is 1. The van der Waals surface area contributed by atoms with Gasteiger partial charge in [-0.05, 0) is 55.8 Å². The van der Waals surface area contributed by atoms with Crippen molar-refractivity contribution in [3.8, 4) is 0 Å². The summed E-state index contributed by atoms with van der Waals surface area (Å²) in [4.78, 5) is 16.0. The first-order valence-corrected chi connectivity index (χ1v) is 8.97. The molecule has 4 aromatic rings. The zero-order valence-electron chi connectivity index (χ0n) is 14.6. The molecular weight excluding hydrogens is 344 g/mol. The zero-order chi connectivity index (χ0) is 18.3. The van der Waals surface area contributed by atoms with Crippen LogP contribution in [-0.4, -0.2) is 10.9 Å². The van der Waals surface area contributed by atoms with E-state index in [9.17, 15) is 4.79 Å². The monoisotopic (exact) mass is 362 g/mol. The van der Waals surface area contributed by atoms with Crippen molar-refractivity contribution < 1.29 is 4.79 Å². The predicted octanol–water partition coefficient (Wildman–Crippen LogP) is 6.03. The molecule has 0 aliphatic rings. The Labute approximate surface area is 157 Å². The molecule has 0 aliphatic heterocycles. The molecule has 130 valence electrons. The number of amides is 1. The Kier molecular flexibility index (Phi) is 4.17. The summed E-state index contributed by atoms with van der Waals surface area (Å²) in [5, 5.41) is 5.90. The lowest BCUT2D eigenvalue weighted by molar-refractivity contribution is -0.117. The SMILES string of the molecule is Cc1ccc(NC(=O)[C@H](C)c2ccc3c(c2)[nH]c2ccc(Cl)cc23)cc1. The van der Waals surface area contributed by atoms with Gasteiger partial charge in [-0.1, -0.05) is 41.4 Å². The van der Waals surface area contributed by atoms with Crippen molar-refractivity contribution in [3.63, 3.8) is 0 Å². The molecule has 0 saturated carbocycles. The van der Waals surface area contributed by atoms with Crippen LogP contribution in [0.4, 0.5) is 5.69 Å². The molecule has 0 bridgehead atoms. The number of hydrogen-bond donors (Lipinski definition) is 2. The summed E-state index contributed by atoms with van der Waals surface area (Å²) in [6.07, 6.45) is 0. The third-order valence-electron chi connectivity index (χ3n) is 4.80. The van der Waals surface area contributed by atoms with Crippen LogP contribution >= 0.6 is 11.6 Å². The van der Waals surface area contributed by atoms with Crippen LogP contribution in [0.3, 0.4) is 0 Å². The molecule has 4 heteroatoms. The van der Waals surface area contributed by atoms with Crippen LogP contribution in [-0.2, 0) is 4.79 Å². The Morgan fingerprint density at radius 2 is 1.73 bits per heavy atom. The molecule has 1 atom stereocenters. The number of rotatable bonds is 3. The van der Waals surface area contributed by atoms with E-state index in [1.165, 1.54) is 5.56 Å². The second-order valence-electron chi connectivity index (χ2n) is 6.70. The summed E-state index contributed by atoms with van der Waals surface area (Å²) in [7, 11) is 0. The van der Waals surface area contributed by atoms with Gasteiger partial charge >= 0.3 is 0 Å². The average molecular weight is 363 g/mol. The summed E-state index contributed by atoms with van der Waals surface area (Å²) in [5.74, 6) is -0.275. The number of benzene rings is 3. The maximum Gasteiger partial charge on any atom is 0.231 e. The fourth-order valence-electron chi connectivity index (χ4n) is 3.20. The molecule has 0 radical (unpaired) electrons. The maximum atomic E-state index is 12.6. The minimum absolute atomic E-state index is 0.0210. The summed E-state index contributed by atoms with van der Waals surface area (Å²) in [5.41, 5.74) is 5.00. The first-order chi connectivity index (χ1) is 12.5. The number of carbonyl (C=O) groups excluding carboxylic acids is 1. The number of aromatic nitrogens is 1. The summed E-state index contributed by atoms with van der Waals surface area (Å²) in [6.45, 7) is 3.95. The van der Waals surface area contributed by atoms with E-state index in [-0.39, 0.29) is 11.8 Å². The maximum absolute atomic E-state index is 12.6. The van der Waals surface area contributed by atoms with E-state index in [0.717, 1.165) is 33.1 Å². The fourth-order valence-corrected chi connectivity index (χ4v) is 3.37. The fraction of sp³-hybridized carbons (Fsp3) is 0.136. The van der Waals surface area contributed by atoms with Crippen LogP contribution in [0.2, 0.25) is 5.02 Å². The van der Waals surface area contributed by atoms with Crippen molar-refractivity contribution in [2.24, 2.45) is 0 Å². The van der Waals surface area contributed by atoms with E-state index < -0.39 is 0 Å². The smallest absolute Gasteiger partial charge is 0.231 e. The molecule has 1 amide bonds. The lowest BCUT2D eigenvalue weighted by Crippen LogP contribution is -2.18. The Morgan fingerprint density at radius 1 is 0.962 bits per heavy atom. The predicted molar refractivity (Wildman–Crippen MR) is 109 cm³/mol. The van der Waals surface area contributed by atoms with Crippen LogP contribution in [0.25, 0.3) is 21.8 Å². The molecule has 0 saturated heterocycles. The van der Waals surface area contributed by atoms with E-state index in [2.05, 4.69) is 16.4 Å². The Bertz CT molecular complexity index is 1110. The van der Waals surface area contributed by atoms with Gasteiger partial charge in [0.25, 0.3) is 0 Å². The van der Waals surface area contributed by atoms with Gasteiger partial charge in [0.2, 0.25) is 5.91 Å². The molecule has 4 rings (SSSR count). The Balaban J connectivity index is 1.63. The van der Waals surface area contributed by atoms with Gasteiger partial charge in [-0.25, -0.2) is 0 Å². The first kappa shape index (κ1) is 16.7. The number of carbonyl (C=O) groups is 1. The van der Waals surface area contributed by atoms with E-state index in [0.29, 0.717) is 5.02 Å². The highest BCUT2D eigenvalue weighted by molar-refractivity contribution is 6.31. The van der Waals surface area contributed by atoms with Gasteiger partial charge in [-0.3, -0.25) is 4.79 Å². The van der Waals surface area contributed by atoms with E-state index in [1.807, 2.05) is 68.4 Å². The van der Waals surface area contributed by atoms with Crippen LogP contribution in [0.15, 0.2) is 60.7 Å². The molecular formula is C22H19ClN2O. The van der Waals surface area contributed by atoms with Crippen LogP contribution in [0, 0.1) is 6.92 Å². The number of nitrogens with one attached hydrogen (secondary N) is 2. The van der Waals surface area contributed by atoms with Crippen molar-refractivity contribution in [1.82, 2.24) is 4.98 Å². The highest BCUT2D eigenvalue weighted by Gasteiger charge is 2.17. The molecule has 0 unspecified atom stereocenters. The minimum Gasteiger partial charge on any atom is -0.355 e. The topological polar surface area (TPSA) is 44.9 Å². The summed E-state index contributed by atoms with van der Waals surface area (Å²) < 4.78 is 0. The van der Waals surface area contributed by atoms with Crippen LogP contribution < -0.4 is 5.32 Å². The molecule has 2 N–H and O–H groups in total. The Hall–Kier alpha value is -2.78. The molecule has 26 heavy (non-hydrogen) atoms. The van der Waals surface area contributed by atoms with Crippen molar-refractivity contribution in [1.29, 1.82) is 0 Å². The molecule has 3 aromatic carbocycles. The highest BCUT2D eigenvalue weighted by Crippen LogP contribution is 2.30. The van der Waals surface area contributed by atoms with Crippen molar-refractivity contribution in [3.05, 3.63) is 76.8 Å². The second kappa shape index (κ2) is 6.50. The van der Waals surface area contributed by atoms with Gasteiger partial charge in [0.15, 0.2) is 0 Å². The number of fused-ring (bicyclic) bond motifs is 3. The van der Waals surface area contributed by atoms with Crippen molar-refractivity contribution in [2.75, 3.05) is 5.32 Å². The molecule has 0 aliphatic carbocycles. The normalized spacial score (nSPS) is 12.4. The number of hydrogen-bond acceptors (Lipinski definition) is 1. The molecule has 0 fully saturated rings. The largest absolute Gasteiger partial charge is 0.355 e. The number of aryl methyl sites for hydroxylation is 1. The third-order valence-corrected chi connectivity index (χ3v) is 5.03. The van der Waals surface area contributed by atoms with E-state index in [1.54, 1.807) is 0 Å². The van der Waals surface area contributed by atoms with Crippen LogP contribution in [0.1, 0.15) is 24.0 Å². The lowest BCUT2D eigenvalue weighted by atomic mass is 9.98. The minimum atomic E-state index is -0.254. The van der Waals surface area contributed by atoms with Crippen molar-refractivity contribution >= 4 is 45.0 Å². The van der Waals surface area contributed by atoms with Gasteiger partial charge in [0, 0.05) is 32.5 Å². The van der Waals surface area contributed by atoms with Crippen LogP contribution in [0.5, 0.6) is 0 Å². The second-order valence-corrected chi connectivity index (χ2v) is 7.13. The highest BCUT2D eigenvalue weighted by atomic mass is 35.5. The van der Waals surface area contributed by atoms with Gasteiger partial charge in [-0.15, -0.1) is 0 Å². The molecule has 0 spiro atoms. The quantitative estimate of drug-likeness (QED) is 0.459. The van der Waals surface area contributed by atoms with Crippen molar-refractivity contribution in [2.45, 2.75) is 19.8 Å². The molecule has 1 aromatic heterocycles. The van der Waals surface area contributed by atoms with E-state index in [4.69, 9.17) is 11.6 Å². The van der Waals surface area contributed by atoms with Gasteiger partial charge in [0.1, 0.15) is 0 Å². The van der Waals surface area contributed by atoms with Gasteiger partial charge < -0.3 is 10.3 Å². The third kappa shape index (κ3) is 3.06. The lowest BCUT2D eigenvalue weighted by Gasteiger charge is -2.13. The molecule has 3 nitrogen and oxygen atoms in total. The first-order valence-electron chi connectivity index (χ1n) is 8.60. The number of halogens is 1. The average Bonchev–Trinajstić information content (AvgIpc) is 3.00. The molecule has 1 heterocycles. The number of aromatic amines is 1. The Morgan fingerprint density at radius 3 is 2.50 bits per heavy atom. The van der Waals surface area contributed by atoms with Gasteiger partial charge in [-0.2, -0.15) is 0 Å². The number of H-pyrrole nitrogens is 1. The standard InChI is InChI=1S/C22H19ClN2O/c1-13-3-7-17(8-4-13)24-22(26)14(2)15-5-9-18-19-12-16(23)6-10-20(19)25-21(18)11-15/h3-12,14,25H,1-2H3,(H,24,26)/t14-/m1/s1. The van der Waals surface area contributed by atoms with E-state index >= 15 is 0 Å².